The van der Waals surface area contributed by atoms with Crippen LogP contribution in [0.2, 0.25) is 0 Å². The Morgan fingerprint density at radius 3 is 2.64 bits per heavy atom. The van der Waals surface area contributed by atoms with Crippen LogP contribution < -0.4 is 15.5 Å². The summed E-state index contributed by atoms with van der Waals surface area (Å²) in [6, 6.07) is 17.2. The van der Waals surface area contributed by atoms with Crippen molar-refractivity contribution in [3.05, 3.63) is 66.4 Å². The number of H-pyrrole nitrogens is 1. The van der Waals surface area contributed by atoms with Crippen molar-refractivity contribution in [1.82, 2.24) is 15.0 Å². The highest BCUT2D eigenvalue weighted by atomic mass is 16.5. The number of nitrogens with one attached hydrogen (secondary N) is 3. The molecule has 9 heteroatoms. The van der Waals surface area contributed by atoms with Crippen molar-refractivity contribution in [2.75, 3.05) is 48.9 Å². The first kappa shape index (κ1) is 20.8. The summed E-state index contributed by atoms with van der Waals surface area (Å²) in [5.74, 6) is 0.668. The number of aromatic nitrogens is 3. The summed E-state index contributed by atoms with van der Waals surface area (Å²) in [5.41, 5.74) is 4.77. The smallest absolute Gasteiger partial charge is 0.337 e. The fourth-order valence-electron chi connectivity index (χ4n) is 3.78. The van der Waals surface area contributed by atoms with Crippen LogP contribution in [-0.4, -0.2) is 54.3 Å². The van der Waals surface area contributed by atoms with E-state index >= 15 is 0 Å². The Hall–Kier alpha value is -4.11. The van der Waals surface area contributed by atoms with Gasteiger partial charge in [-0.3, -0.25) is 0 Å². The van der Waals surface area contributed by atoms with Gasteiger partial charge in [0.1, 0.15) is 5.52 Å². The molecule has 3 N–H and O–H groups in total. The molecule has 33 heavy (non-hydrogen) atoms. The van der Waals surface area contributed by atoms with Gasteiger partial charge in [-0.2, -0.15) is 4.98 Å². The van der Waals surface area contributed by atoms with Gasteiger partial charge in [-0.15, -0.1) is 0 Å². The van der Waals surface area contributed by atoms with Crippen LogP contribution in [0.4, 0.5) is 28.8 Å². The second-order valence-electron chi connectivity index (χ2n) is 7.60. The van der Waals surface area contributed by atoms with Crippen LogP contribution in [0.5, 0.6) is 0 Å². The molecule has 0 atom stereocenters. The van der Waals surface area contributed by atoms with Crippen molar-refractivity contribution in [2.45, 2.75) is 0 Å². The van der Waals surface area contributed by atoms with E-state index in [1.54, 1.807) is 18.2 Å². The number of ether oxygens (including phenoxy) is 2. The maximum atomic E-state index is 11.9. The van der Waals surface area contributed by atoms with E-state index in [2.05, 4.69) is 42.6 Å². The lowest BCUT2D eigenvalue weighted by Crippen LogP contribution is -2.36. The van der Waals surface area contributed by atoms with Crippen molar-refractivity contribution in [3.8, 4) is 0 Å². The zero-order chi connectivity index (χ0) is 22.6. The minimum Gasteiger partial charge on any atom is -0.465 e. The number of nitrogens with zero attached hydrogens (tertiary/aromatic N) is 3. The van der Waals surface area contributed by atoms with Gasteiger partial charge in [0.25, 0.3) is 0 Å². The van der Waals surface area contributed by atoms with Gasteiger partial charge in [-0.1, -0.05) is 6.07 Å². The number of esters is 1. The molecule has 4 aromatic rings. The monoisotopic (exact) mass is 444 g/mol. The van der Waals surface area contributed by atoms with E-state index in [0.29, 0.717) is 23.0 Å². The van der Waals surface area contributed by atoms with Crippen LogP contribution in [0.15, 0.2) is 60.8 Å². The third kappa shape index (κ3) is 4.58. The summed E-state index contributed by atoms with van der Waals surface area (Å²) in [6.07, 6.45) is 1.82. The van der Waals surface area contributed by atoms with Crippen LogP contribution in [0, 0.1) is 0 Å². The number of benzene rings is 2. The number of morpholine rings is 1. The molecule has 9 nitrogen and oxygen atoms in total. The minimum atomic E-state index is -0.394. The van der Waals surface area contributed by atoms with E-state index in [1.165, 1.54) is 12.8 Å². The third-order valence-electron chi connectivity index (χ3n) is 5.45. The normalized spacial score (nSPS) is 13.7. The Kier molecular flexibility index (Phi) is 5.77. The van der Waals surface area contributed by atoms with Gasteiger partial charge in [0.2, 0.25) is 5.95 Å². The van der Waals surface area contributed by atoms with Crippen LogP contribution in [0.3, 0.4) is 0 Å². The first-order valence-electron chi connectivity index (χ1n) is 10.7. The van der Waals surface area contributed by atoms with E-state index in [9.17, 15) is 4.79 Å². The lowest BCUT2D eigenvalue weighted by Gasteiger charge is -2.28. The number of carbonyl (C=O) groups excluding carboxylic acids is 1. The van der Waals surface area contributed by atoms with Crippen LogP contribution >= 0.6 is 0 Å². The summed E-state index contributed by atoms with van der Waals surface area (Å²) in [4.78, 5) is 26.6. The predicted octanol–water partition coefficient (Wildman–Crippen LogP) is 4.07. The molecule has 1 aliphatic rings. The Balaban J connectivity index is 1.38. The summed E-state index contributed by atoms with van der Waals surface area (Å²) in [6.45, 7) is 3.30. The van der Waals surface area contributed by atoms with Crippen molar-refractivity contribution >= 4 is 45.8 Å². The van der Waals surface area contributed by atoms with Crippen molar-refractivity contribution in [2.24, 2.45) is 0 Å². The highest BCUT2D eigenvalue weighted by molar-refractivity contribution is 5.92. The van der Waals surface area contributed by atoms with E-state index in [4.69, 9.17) is 9.47 Å². The average Bonchev–Trinajstić information content (AvgIpc) is 3.34. The molecule has 0 aliphatic carbocycles. The first-order chi connectivity index (χ1) is 16.2. The summed E-state index contributed by atoms with van der Waals surface area (Å²) in [5, 5.41) is 6.57. The van der Waals surface area contributed by atoms with E-state index in [0.717, 1.165) is 43.0 Å². The highest BCUT2D eigenvalue weighted by Crippen LogP contribution is 2.27. The Morgan fingerprint density at radius 1 is 1.03 bits per heavy atom. The second-order valence-corrected chi connectivity index (χ2v) is 7.60. The molecule has 0 radical (unpaired) electrons. The lowest BCUT2D eigenvalue weighted by molar-refractivity contribution is 0.0601. The van der Waals surface area contributed by atoms with Gasteiger partial charge in [0, 0.05) is 36.3 Å². The van der Waals surface area contributed by atoms with Gasteiger partial charge in [-0.25, -0.2) is 9.78 Å². The third-order valence-corrected chi connectivity index (χ3v) is 5.45. The fourth-order valence-corrected chi connectivity index (χ4v) is 3.78. The Morgan fingerprint density at radius 2 is 1.85 bits per heavy atom. The summed E-state index contributed by atoms with van der Waals surface area (Å²) >= 11 is 0. The van der Waals surface area contributed by atoms with Gasteiger partial charge < -0.3 is 30.0 Å². The number of anilines is 5. The van der Waals surface area contributed by atoms with Crippen molar-refractivity contribution in [3.63, 3.8) is 0 Å². The zero-order valence-electron chi connectivity index (χ0n) is 18.2. The van der Waals surface area contributed by atoms with E-state index in [1.807, 2.05) is 30.5 Å². The molecule has 0 unspecified atom stereocenters. The minimum absolute atomic E-state index is 0.394. The average molecular weight is 444 g/mol. The van der Waals surface area contributed by atoms with Crippen LogP contribution in [0.1, 0.15) is 10.4 Å². The number of rotatable bonds is 6. The number of hydrogen-bond donors (Lipinski definition) is 3. The molecule has 3 heterocycles. The molecular weight excluding hydrogens is 420 g/mol. The Bertz CT molecular complexity index is 1260. The molecule has 0 spiro atoms. The zero-order valence-corrected chi connectivity index (χ0v) is 18.2. The Labute approximate surface area is 190 Å². The summed E-state index contributed by atoms with van der Waals surface area (Å²) < 4.78 is 10.2. The number of fused-ring (bicyclic) bond motifs is 1. The SMILES string of the molecule is COC(=O)c1cccc(Nc2nc(Nc3ccc(N4CCOCC4)cc3)nc3cc[nH]c23)c1. The molecular formula is C24H24N6O3. The van der Waals surface area contributed by atoms with Gasteiger partial charge in [-0.05, 0) is 48.5 Å². The highest BCUT2D eigenvalue weighted by Gasteiger charge is 2.13. The van der Waals surface area contributed by atoms with Gasteiger partial charge in [0.05, 0.1) is 31.4 Å². The first-order valence-corrected chi connectivity index (χ1v) is 10.7. The van der Waals surface area contributed by atoms with E-state index in [-0.39, 0.29) is 0 Å². The maximum Gasteiger partial charge on any atom is 0.337 e. The van der Waals surface area contributed by atoms with Crippen LogP contribution in [-0.2, 0) is 9.47 Å². The molecule has 2 aromatic carbocycles. The molecule has 0 saturated carbocycles. The number of hydrogen-bond acceptors (Lipinski definition) is 8. The fraction of sp³-hybridized carbons (Fsp3) is 0.208. The quantitative estimate of drug-likeness (QED) is 0.383. The number of methoxy groups -OCH3 is 1. The van der Waals surface area contributed by atoms with Crippen molar-refractivity contribution in [1.29, 1.82) is 0 Å². The predicted molar refractivity (Wildman–Crippen MR) is 128 cm³/mol. The molecule has 1 saturated heterocycles. The topological polar surface area (TPSA) is 104 Å². The van der Waals surface area contributed by atoms with Crippen molar-refractivity contribution < 1.29 is 14.3 Å². The lowest BCUT2D eigenvalue weighted by atomic mass is 10.2. The van der Waals surface area contributed by atoms with Gasteiger partial charge >= 0.3 is 5.97 Å². The largest absolute Gasteiger partial charge is 0.465 e. The molecule has 0 bridgehead atoms. The summed E-state index contributed by atoms with van der Waals surface area (Å²) in [7, 11) is 1.36. The van der Waals surface area contributed by atoms with E-state index < -0.39 is 5.97 Å². The van der Waals surface area contributed by atoms with Gasteiger partial charge in [0.15, 0.2) is 5.82 Å². The number of aromatic amines is 1. The second kappa shape index (κ2) is 9.17. The standard InChI is InChI=1S/C24H24N6O3/c1-32-23(31)16-3-2-4-18(15-16)26-22-21-20(9-10-25-21)28-24(29-22)27-17-5-7-19(8-6-17)30-11-13-33-14-12-30/h2-10,15,25H,11-14H2,1H3,(H2,26,27,28,29). The molecule has 2 aromatic heterocycles. The van der Waals surface area contributed by atoms with Crippen LogP contribution in [0.25, 0.3) is 11.0 Å². The maximum absolute atomic E-state index is 11.9. The molecule has 5 rings (SSSR count). The molecule has 168 valence electrons. The molecule has 1 fully saturated rings. The molecule has 1 aliphatic heterocycles. The number of carbonyl (C=O) groups is 1. The molecule has 0 amide bonds.